The van der Waals surface area contributed by atoms with E-state index >= 15 is 0 Å². The fraction of sp³-hybridized carbons (Fsp3) is 0.0667. The molecule has 6 nitrogen and oxygen atoms in total. The van der Waals surface area contributed by atoms with Gasteiger partial charge in [-0.15, -0.1) is 0 Å². The highest BCUT2D eigenvalue weighted by atomic mass is 16.6. The van der Waals surface area contributed by atoms with Crippen LogP contribution in [0, 0.1) is 10.1 Å². The van der Waals surface area contributed by atoms with Crippen LogP contribution in [0.5, 0.6) is 0 Å². The Morgan fingerprint density at radius 2 is 1.81 bits per heavy atom. The van der Waals surface area contributed by atoms with Crippen molar-refractivity contribution in [1.29, 1.82) is 0 Å². The van der Waals surface area contributed by atoms with Crippen molar-refractivity contribution < 1.29 is 14.5 Å². The molecule has 0 aliphatic rings. The average molecular weight is 284 g/mol. The number of nitrogens with one attached hydrogen (secondary N) is 1. The summed E-state index contributed by atoms with van der Waals surface area (Å²) in [4.78, 5) is 33.7. The van der Waals surface area contributed by atoms with Crippen molar-refractivity contribution in [2.45, 2.75) is 6.92 Å². The summed E-state index contributed by atoms with van der Waals surface area (Å²) >= 11 is 0. The zero-order chi connectivity index (χ0) is 15.4. The predicted octanol–water partition coefficient (Wildman–Crippen LogP) is 3.05. The van der Waals surface area contributed by atoms with Crippen LogP contribution in [0.3, 0.4) is 0 Å². The molecule has 2 aromatic rings. The molecule has 21 heavy (non-hydrogen) atoms. The van der Waals surface area contributed by atoms with Crippen molar-refractivity contribution >= 4 is 23.1 Å². The number of rotatable bonds is 4. The van der Waals surface area contributed by atoms with Crippen molar-refractivity contribution in [3.63, 3.8) is 0 Å². The van der Waals surface area contributed by atoms with Gasteiger partial charge in [0.25, 0.3) is 11.6 Å². The van der Waals surface area contributed by atoms with E-state index in [4.69, 9.17) is 0 Å². The van der Waals surface area contributed by atoms with E-state index in [0.717, 1.165) is 0 Å². The third-order valence-electron chi connectivity index (χ3n) is 2.87. The minimum absolute atomic E-state index is 0.155. The van der Waals surface area contributed by atoms with Crippen molar-refractivity contribution in [2.75, 3.05) is 5.32 Å². The van der Waals surface area contributed by atoms with E-state index in [9.17, 15) is 19.7 Å². The van der Waals surface area contributed by atoms with E-state index in [1.165, 1.54) is 31.2 Å². The van der Waals surface area contributed by atoms with E-state index in [1.54, 1.807) is 24.3 Å². The zero-order valence-corrected chi connectivity index (χ0v) is 11.2. The summed E-state index contributed by atoms with van der Waals surface area (Å²) < 4.78 is 0. The maximum atomic E-state index is 12.1. The summed E-state index contributed by atoms with van der Waals surface area (Å²) in [5.41, 5.74) is 0.753. The normalized spacial score (nSPS) is 9.95. The quantitative estimate of drug-likeness (QED) is 0.531. The summed E-state index contributed by atoms with van der Waals surface area (Å²) in [5.74, 6) is -0.683. The highest BCUT2D eigenvalue weighted by Crippen LogP contribution is 2.18. The second kappa shape index (κ2) is 5.96. The molecule has 0 aromatic heterocycles. The average Bonchev–Trinajstić information content (AvgIpc) is 2.47. The lowest BCUT2D eigenvalue weighted by Gasteiger charge is -2.08. The number of anilines is 1. The number of ketones is 1. The number of non-ortho nitro benzene ring substituents is 1. The van der Waals surface area contributed by atoms with Crippen LogP contribution in [0.25, 0.3) is 0 Å². The molecule has 0 spiro atoms. The number of nitro benzene ring substituents is 1. The number of benzene rings is 2. The van der Waals surface area contributed by atoms with Crippen molar-refractivity contribution in [1.82, 2.24) is 0 Å². The lowest BCUT2D eigenvalue weighted by Crippen LogP contribution is -2.14. The maximum absolute atomic E-state index is 12.1. The van der Waals surface area contributed by atoms with Crippen LogP contribution in [0.2, 0.25) is 0 Å². The van der Waals surface area contributed by atoms with Crippen LogP contribution >= 0.6 is 0 Å². The molecule has 0 saturated carbocycles. The first-order valence-corrected chi connectivity index (χ1v) is 6.15. The minimum atomic E-state index is -0.569. The topological polar surface area (TPSA) is 89.3 Å². The van der Waals surface area contributed by atoms with Crippen molar-refractivity contribution in [3.05, 3.63) is 69.8 Å². The fourth-order valence-electron chi connectivity index (χ4n) is 1.85. The first kappa shape index (κ1) is 14.4. The Bertz CT molecular complexity index is 725. The largest absolute Gasteiger partial charge is 0.321 e. The molecule has 0 atom stereocenters. The van der Waals surface area contributed by atoms with E-state index in [2.05, 4.69) is 5.32 Å². The molecule has 1 amide bonds. The number of carbonyl (C=O) groups is 2. The Hall–Kier alpha value is -3.02. The lowest BCUT2D eigenvalue weighted by molar-refractivity contribution is -0.384. The van der Waals surface area contributed by atoms with Crippen LogP contribution in [0.1, 0.15) is 27.6 Å². The van der Waals surface area contributed by atoms with Gasteiger partial charge in [0.15, 0.2) is 5.78 Å². The van der Waals surface area contributed by atoms with Gasteiger partial charge in [-0.2, -0.15) is 0 Å². The molecule has 0 heterocycles. The van der Waals surface area contributed by atoms with Crippen molar-refractivity contribution in [3.8, 4) is 0 Å². The van der Waals surface area contributed by atoms with Crippen molar-refractivity contribution in [2.24, 2.45) is 0 Å². The molecule has 6 heteroatoms. The Labute approximate surface area is 120 Å². The SMILES string of the molecule is CC(=O)c1ccccc1NC(=O)c1cccc([N+](=O)[O-])c1. The Kier molecular flexibility index (Phi) is 4.08. The Morgan fingerprint density at radius 3 is 2.48 bits per heavy atom. The number of nitro groups is 1. The molecule has 2 rings (SSSR count). The molecule has 0 radical (unpaired) electrons. The van der Waals surface area contributed by atoms with E-state index in [-0.39, 0.29) is 17.0 Å². The smallest absolute Gasteiger partial charge is 0.270 e. The van der Waals surface area contributed by atoms with Crippen LogP contribution in [-0.4, -0.2) is 16.6 Å². The molecule has 0 aliphatic carbocycles. The van der Waals surface area contributed by atoms with Gasteiger partial charge < -0.3 is 5.32 Å². The van der Waals surface area contributed by atoms with Crippen LogP contribution in [-0.2, 0) is 0 Å². The van der Waals surface area contributed by atoms with Crippen LogP contribution in [0.4, 0.5) is 11.4 Å². The molecule has 0 aliphatic heterocycles. The van der Waals surface area contributed by atoms with Gasteiger partial charge in [0.05, 0.1) is 10.6 Å². The fourth-order valence-corrected chi connectivity index (χ4v) is 1.85. The highest BCUT2D eigenvalue weighted by Gasteiger charge is 2.14. The van der Waals surface area contributed by atoms with E-state index < -0.39 is 10.8 Å². The predicted molar refractivity (Wildman–Crippen MR) is 77.5 cm³/mol. The zero-order valence-electron chi connectivity index (χ0n) is 11.2. The summed E-state index contributed by atoms with van der Waals surface area (Å²) in [6, 6.07) is 12.0. The Balaban J connectivity index is 2.28. The number of carbonyl (C=O) groups excluding carboxylic acids is 2. The summed E-state index contributed by atoms with van der Waals surface area (Å²) in [5, 5.41) is 13.3. The van der Waals surface area contributed by atoms with Gasteiger partial charge in [-0.3, -0.25) is 19.7 Å². The molecule has 0 fully saturated rings. The first-order valence-electron chi connectivity index (χ1n) is 6.15. The summed E-state index contributed by atoms with van der Waals surface area (Å²) in [6.07, 6.45) is 0. The lowest BCUT2D eigenvalue weighted by atomic mass is 10.1. The maximum Gasteiger partial charge on any atom is 0.270 e. The molecule has 1 N–H and O–H groups in total. The molecular weight excluding hydrogens is 272 g/mol. The highest BCUT2D eigenvalue weighted by molar-refractivity contribution is 6.09. The first-order chi connectivity index (χ1) is 9.99. The molecule has 2 aromatic carbocycles. The third-order valence-corrected chi connectivity index (χ3v) is 2.87. The van der Waals surface area contributed by atoms with Gasteiger partial charge in [-0.1, -0.05) is 18.2 Å². The molecule has 0 bridgehead atoms. The van der Waals surface area contributed by atoms with Gasteiger partial charge >= 0.3 is 0 Å². The summed E-state index contributed by atoms with van der Waals surface area (Å²) in [7, 11) is 0. The molecule has 0 saturated heterocycles. The third kappa shape index (κ3) is 3.30. The van der Waals surface area contributed by atoms with E-state index in [1.807, 2.05) is 0 Å². The number of Topliss-reactive ketones (excluding diaryl/α,β-unsaturated/α-hetero) is 1. The standard InChI is InChI=1S/C15H12N2O4/c1-10(18)13-7-2-3-8-14(13)16-15(19)11-5-4-6-12(9-11)17(20)21/h2-9H,1H3,(H,16,19). The van der Waals surface area contributed by atoms with Gasteiger partial charge in [0.2, 0.25) is 0 Å². The summed E-state index contributed by atoms with van der Waals surface area (Å²) in [6.45, 7) is 1.40. The number of para-hydroxylation sites is 1. The second-order valence-corrected chi connectivity index (χ2v) is 4.36. The van der Waals surface area contributed by atoms with Gasteiger partial charge in [-0.25, -0.2) is 0 Å². The van der Waals surface area contributed by atoms with E-state index in [0.29, 0.717) is 11.3 Å². The van der Waals surface area contributed by atoms with Gasteiger partial charge in [0.1, 0.15) is 0 Å². The monoisotopic (exact) mass is 284 g/mol. The number of hydrogen-bond donors (Lipinski definition) is 1. The Morgan fingerprint density at radius 1 is 1.10 bits per heavy atom. The molecule has 106 valence electrons. The molecule has 0 unspecified atom stereocenters. The number of hydrogen-bond acceptors (Lipinski definition) is 4. The van der Waals surface area contributed by atoms with Gasteiger partial charge in [0, 0.05) is 23.3 Å². The number of amides is 1. The molecular formula is C15H12N2O4. The van der Waals surface area contributed by atoms with Crippen LogP contribution in [0.15, 0.2) is 48.5 Å². The van der Waals surface area contributed by atoms with Crippen LogP contribution < -0.4 is 5.32 Å². The number of nitrogens with zero attached hydrogens (tertiary/aromatic N) is 1. The minimum Gasteiger partial charge on any atom is -0.321 e. The second-order valence-electron chi connectivity index (χ2n) is 4.36. The van der Waals surface area contributed by atoms with Gasteiger partial charge in [-0.05, 0) is 25.1 Å².